The average Bonchev–Trinajstić information content (AvgIpc) is 3.15. The molecule has 0 atom stereocenters. The number of unbranched alkanes of at least 4 members (excludes halogenated alkanes) is 1. The third-order valence-electron chi connectivity index (χ3n) is 5.30. The van der Waals surface area contributed by atoms with Crippen molar-refractivity contribution >= 4 is 11.0 Å². The molecule has 4 rings (SSSR count). The molecule has 0 aliphatic rings. The molecule has 0 aliphatic carbocycles. The van der Waals surface area contributed by atoms with E-state index < -0.39 is 5.95 Å². The van der Waals surface area contributed by atoms with Gasteiger partial charge in [-0.05, 0) is 55.0 Å². The summed E-state index contributed by atoms with van der Waals surface area (Å²) in [7, 11) is 0. The minimum absolute atomic E-state index is 0.409. The number of pyridine rings is 2. The Morgan fingerprint density at radius 3 is 2.57 bits per heavy atom. The molecule has 154 valence electrons. The van der Waals surface area contributed by atoms with Gasteiger partial charge < -0.3 is 4.98 Å². The third kappa shape index (κ3) is 4.70. The van der Waals surface area contributed by atoms with E-state index in [-0.39, 0.29) is 0 Å². The first-order valence-electron chi connectivity index (χ1n) is 10.5. The highest BCUT2D eigenvalue weighted by atomic mass is 19.1. The predicted molar refractivity (Wildman–Crippen MR) is 116 cm³/mol. The van der Waals surface area contributed by atoms with Crippen molar-refractivity contribution in [1.29, 1.82) is 0 Å². The number of rotatable bonds is 8. The summed E-state index contributed by atoms with van der Waals surface area (Å²) in [5, 5.41) is 1.03. The van der Waals surface area contributed by atoms with E-state index in [4.69, 9.17) is 0 Å². The highest BCUT2D eigenvalue weighted by molar-refractivity contribution is 5.80. The molecule has 0 aromatic carbocycles. The van der Waals surface area contributed by atoms with Gasteiger partial charge in [0.2, 0.25) is 5.95 Å². The molecule has 0 bridgehead atoms. The molecular weight excluding hydrogens is 377 g/mol. The number of aromatic nitrogens is 5. The van der Waals surface area contributed by atoms with Crippen LogP contribution in [0.2, 0.25) is 0 Å². The van der Waals surface area contributed by atoms with Crippen molar-refractivity contribution in [3.63, 3.8) is 0 Å². The van der Waals surface area contributed by atoms with Crippen molar-refractivity contribution in [2.24, 2.45) is 0 Å². The third-order valence-corrected chi connectivity index (χ3v) is 5.30. The Balaban J connectivity index is 1.41. The molecular formula is C24H26FN5. The van der Waals surface area contributed by atoms with E-state index in [1.165, 1.54) is 0 Å². The average molecular weight is 404 g/mol. The Kier molecular flexibility index (Phi) is 6.12. The summed E-state index contributed by atoms with van der Waals surface area (Å²) in [6, 6.07) is 5.82. The number of nitrogens with zero attached hydrogens (tertiary/aromatic N) is 4. The summed E-state index contributed by atoms with van der Waals surface area (Å²) >= 11 is 0. The van der Waals surface area contributed by atoms with Gasteiger partial charge in [-0.25, -0.2) is 19.9 Å². The monoisotopic (exact) mass is 403 g/mol. The van der Waals surface area contributed by atoms with E-state index >= 15 is 0 Å². The van der Waals surface area contributed by atoms with Gasteiger partial charge in [-0.2, -0.15) is 4.39 Å². The number of hydrogen-bond donors (Lipinski definition) is 1. The van der Waals surface area contributed by atoms with Gasteiger partial charge in [0, 0.05) is 54.3 Å². The van der Waals surface area contributed by atoms with Gasteiger partial charge in [0.05, 0.1) is 0 Å². The molecule has 0 radical (unpaired) electrons. The van der Waals surface area contributed by atoms with Gasteiger partial charge in [0.25, 0.3) is 0 Å². The molecule has 0 unspecified atom stereocenters. The molecule has 0 aliphatic heterocycles. The van der Waals surface area contributed by atoms with Crippen molar-refractivity contribution in [3.05, 3.63) is 82.7 Å². The van der Waals surface area contributed by atoms with Crippen molar-refractivity contribution in [3.8, 4) is 0 Å². The maximum atomic E-state index is 14.7. The number of H-pyrrole nitrogens is 1. The molecule has 0 fully saturated rings. The van der Waals surface area contributed by atoms with Gasteiger partial charge in [-0.3, -0.25) is 0 Å². The van der Waals surface area contributed by atoms with Crippen LogP contribution in [0.3, 0.4) is 0 Å². The number of aryl methyl sites for hydroxylation is 4. The lowest BCUT2D eigenvalue weighted by Crippen LogP contribution is -2.02. The van der Waals surface area contributed by atoms with Crippen LogP contribution < -0.4 is 0 Å². The van der Waals surface area contributed by atoms with Crippen LogP contribution in [0, 0.1) is 12.9 Å². The SMILES string of the molecule is CCCCc1ncc(CCc2ccc(Cc3c[nH]c4ncc(C)cc34)c(F)n2)cn1. The van der Waals surface area contributed by atoms with Crippen LogP contribution in [-0.2, 0) is 25.7 Å². The van der Waals surface area contributed by atoms with Crippen LogP contribution in [0.4, 0.5) is 4.39 Å². The quantitative estimate of drug-likeness (QED) is 0.424. The molecule has 0 saturated carbocycles. The molecule has 4 aromatic rings. The Bertz CT molecular complexity index is 1130. The number of fused-ring (bicyclic) bond motifs is 1. The minimum Gasteiger partial charge on any atom is -0.346 e. The number of hydrogen-bond acceptors (Lipinski definition) is 4. The van der Waals surface area contributed by atoms with Crippen LogP contribution in [0.5, 0.6) is 0 Å². The molecule has 6 heteroatoms. The molecule has 0 saturated heterocycles. The van der Waals surface area contributed by atoms with Crippen molar-refractivity contribution in [2.45, 2.75) is 52.4 Å². The first-order chi connectivity index (χ1) is 14.6. The fourth-order valence-electron chi connectivity index (χ4n) is 3.53. The standard InChI is InChI=1S/C24H26FN5/c1-3-4-5-22-26-13-17(14-27-22)6-8-20-9-7-18(23(25)30-20)11-19-15-29-24-21(19)10-16(2)12-28-24/h7,9-10,12-15H,3-6,8,11H2,1-2H3,(H,28,29). The highest BCUT2D eigenvalue weighted by Crippen LogP contribution is 2.22. The second kappa shape index (κ2) is 9.11. The van der Waals surface area contributed by atoms with Crippen molar-refractivity contribution in [2.75, 3.05) is 0 Å². The van der Waals surface area contributed by atoms with Crippen molar-refractivity contribution < 1.29 is 4.39 Å². The fraction of sp³-hybridized carbons (Fsp3) is 0.333. The molecule has 4 heterocycles. The van der Waals surface area contributed by atoms with E-state index in [1.54, 1.807) is 0 Å². The van der Waals surface area contributed by atoms with Gasteiger partial charge in [0.1, 0.15) is 11.5 Å². The maximum absolute atomic E-state index is 14.7. The Hall–Kier alpha value is -3.15. The lowest BCUT2D eigenvalue weighted by atomic mass is 10.0. The number of halogens is 1. The molecule has 0 spiro atoms. The van der Waals surface area contributed by atoms with Gasteiger partial charge in [-0.1, -0.05) is 19.4 Å². The summed E-state index contributed by atoms with van der Waals surface area (Å²) in [5.74, 6) is 0.477. The first kappa shape index (κ1) is 20.1. The smallest absolute Gasteiger partial charge is 0.216 e. The van der Waals surface area contributed by atoms with Gasteiger partial charge >= 0.3 is 0 Å². The zero-order valence-corrected chi connectivity index (χ0v) is 17.5. The van der Waals surface area contributed by atoms with E-state index in [2.05, 4.69) is 37.9 Å². The fourth-order valence-corrected chi connectivity index (χ4v) is 3.53. The summed E-state index contributed by atoms with van der Waals surface area (Å²) in [4.78, 5) is 20.6. The zero-order chi connectivity index (χ0) is 20.9. The molecule has 5 nitrogen and oxygen atoms in total. The summed E-state index contributed by atoms with van der Waals surface area (Å²) in [6.45, 7) is 4.16. The summed E-state index contributed by atoms with van der Waals surface area (Å²) in [6.07, 6.45) is 12.5. The molecule has 4 aromatic heterocycles. The lowest BCUT2D eigenvalue weighted by Gasteiger charge is -2.06. The van der Waals surface area contributed by atoms with E-state index in [0.29, 0.717) is 18.4 Å². The molecule has 1 N–H and O–H groups in total. The largest absolute Gasteiger partial charge is 0.346 e. The van der Waals surface area contributed by atoms with Crippen LogP contribution in [0.25, 0.3) is 11.0 Å². The number of aromatic amines is 1. The summed E-state index contributed by atoms with van der Waals surface area (Å²) in [5.41, 5.74) is 5.30. The van der Waals surface area contributed by atoms with Crippen LogP contribution >= 0.6 is 0 Å². The predicted octanol–water partition coefficient (Wildman–Crippen LogP) is 4.91. The van der Waals surface area contributed by atoms with Crippen LogP contribution in [0.1, 0.15) is 53.5 Å². The van der Waals surface area contributed by atoms with Crippen LogP contribution in [-0.4, -0.2) is 24.9 Å². The van der Waals surface area contributed by atoms with E-state index in [0.717, 1.165) is 64.9 Å². The minimum atomic E-state index is -0.409. The van der Waals surface area contributed by atoms with E-state index in [1.807, 2.05) is 43.8 Å². The normalized spacial score (nSPS) is 11.3. The second-order valence-corrected chi connectivity index (χ2v) is 7.76. The molecule has 0 amide bonds. The highest BCUT2D eigenvalue weighted by Gasteiger charge is 2.11. The van der Waals surface area contributed by atoms with Crippen LogP contribution in [0.15, 0.2) is 43.0 Å². The molecule has 30 heavy (non-hydrogen) atoms. The zero-order valence-electron chi connectivity index (χ0n) is 17.5. The summed E-state index contributed by atoms with van der Waals surface area (Å²) < 4.78 is 14.7. The van der Waals surface area contributed by atoms with E-state index in [9.17, 15) is 4.39 Å². The number of nitrogens with one attached hydrogen (secondary N) is 1. The second-order valence-electron chi connectivity index (χ2n) is 7.76. The maximum Gasteiger partial charge on any atom is 0.216 e. The first-order valence-corrected chi connectivity index (χ1v) is 10.5. The Labute approximate surface area is 175 Å². The van der Waals surface area contributed by atoms with Crippen molar-refractivity contribution in [1.82, 2.24) is 24.9 Å². The van der Waals surface area contributed by atoms with Gasteiger partial charge in [0.15, 0.2) is 0 Å². The lowest BCUT2D eigenvalue weighted by molar-refractivity contribution is 0.563. The topological polar surface area (TPSA) is 67.3 Å². The Morgan fingerprint density at radius 1 is 0.967 bits per heavy atom. The Morgan fingerprint density at radius 2 is 1.80 bits per heavy atom. The van der Waals surface area contributed by atoms with Gasteiger partial charge in [-0.15, -0.1) is 0 Å².